The number of hydrogen-bond donors (Lipinski definition) is 1. The zero-order valence-electron chi connectivity index (χ0n) is 10.8. The summed E-state index contributed by atoms with van der Waals surface area (Å²) in [4.78, 5) is 2.16. The van der Waals surface area contributed by atoms with E-state index in [0.717, 1.165) is 17.7 Å². The van der Waals surface area contributed by atoms with Crippen molar-refractivity contribution in [3.8, 4) is 11.8 Å². The molecule has 0 spiro atoms. The summed E-state index contributed by atoms with van der Waals surface area (Å²) in [7, 11) is 1.63. The van der Waals surface area contributed by atoms with Gasteiger partial charge >= 0.3 is 0 Å². The molecule has 1 aromatic rings. The molecule has 0 amide bonds. The summed E-state index contributed by atoms with van der Waals surface area (Å²) in [6.07, 6.45) is 0.777. The Morgan fingerprint density at radius 1 is 1.50 bits per heavy atom. The van der Waals surface area contributed by atoms with Gasteiger partial charge in [0, 0.05) is 25.2 Å². The topological polar surface area (TPSA) is 56.5 Å². The van der Waals surface area contributed by atoms with Crippen LogP contribution in [0.1, 0.15) is 24.5 Å². The second-order valence-electron chi connectivity index (χ2n) is 4.86. The normalized spacial score (nSPS) is 17.9. The first-order valence-corrected chi connectivity index (χ1v) is 6.12. The van der Waals surface area contributed by atoms with Crippen LogP contribution in [-0.2, 0) is 6.54 Å². The van der Waals surface area contributed by atoms with E-state index in [2.05, 4.69) is 11.0 Å². The van der Waals surface area contributed by atoms with Crippen molar-refractivity contribution in [2.24, 2.45) is 0 Å². The molecule has 1 aromatic carbocycles. The van der Waals surface area contributed by atoms with E-state index in [-0.39, 0.29) is 0 Å². The van der Waals surface area contributed by atoms with Crippen LogP contribution >= 0.6 is 0 Å². The molecule has 18 heavy (non-hydrogen) atoms. The van der Waals surface area contributed by atoms with Crippen molar-refractivity contribution in [1.29, 1.82) is 5.26 Å². The molecule has 2 rings (SSSR count). The van der Waals surface area contributed by atoms with Gasteiger partial charge < -0.3 is 9.84 Å². The molecule has 0 saturated carbocycles. The van der Waals surface area contributed by atoms with Crippen LogP contribution in [0.5, 0.6) is 5.75 Å². The highest BCUT2D eigenvalue weighted by Gasteiger charge is 2.39. The van der Waals surface area contributed by atoms with E-state index in [0.29, 0.717) is 25.2 Å². The van der Waals surface area contributed by atoms with E-state index >= 15 is 0 Å². The molecule has 1 aliphatic heterocycles. The molecule has 96 valence electrons. The van der Waals surface area contributed by atoms with E-state index in [1.165, 1.54) is 0 Å². The molecule has 0 unspecified atom stereocenters. The highest BCUT2D eigenvalue weighted by atomic mass is 16.5. The predicted octanol–water partition coefficient (Wildman–Crippen LogP) is 1.52. The molecular weight excluding hydrogens is 228 g/mol. The summed E-state index contributed by atoms with van der Waals surface area (Å²) in [5, 5.41) is 18.9. The first-order valence-electron chi connectivity index (χ1n) is 6.12. The van der Waals surface area contributed by atoms with Crippen molar-refractivity contribution in [3.63, 3.8) is 0 Å². The molecule has 0 radical (unpaired) electrons. The standard InChI is InChI=1S/C14H18N2O2/c1-3-14(17)9-16(10-14)8-12-6-11(7-15)4-5-13(12)18-2/h4-6,17H,3,8-10H2,1-2H3. The van der Waals surface area contributed by atoms with Crippen molar-refractivity contribution in [2.45, 2.75) is 25.5 Å². The van der Waals surface area contributed by atoms with Crippen molar-refractivity contribution in [1.82, 2.24) is 4.90 Å². The monoisotopic (exact) mass is 246 g/mol. The fourth-order valence-corrected chi connectivity index (χ4v) is 2.33. The minimum absolute atomic E-state index is 0.528. The summed E-state index contributed by atoms with van der Waals surface area (Å²) >= 11 is 0. The predicted molar refractivity (Wildman–Crippen MR) is 68.2 cm³/mol. The second kappa shape index (κ2) is 4.97. The fraction of sp³-hybridized carbons (Fsp3) is 0.500. The van der Waals surface area contributed by atoms with Gasteiger partial charge in [0.15, 0.2) is 0 Å². The number of methoxy groups -OCH3 is 1. The minimum atomic E-state index is -0.528. The summed E-state index contributed by atoms with van der Waals surface area (Å²) in [5.74, 6) is 0.793. The van der Waals surface area contributed by atoms with Gasteiger partial charge in [-0.3, -0.25) is 4.90 Å². The lowest BCUT2D eigenvalue weighted by Gasteiger charge is -2.46. The van der Waals surface area contributed by atoms with Gasteiger partial charge in [-0.15, -0.1) is 0 Å². The van der Waals surface area contributed by atoms with Crippen molar-refractivity contribution in [2.75, 3.05) is 20.2 Å². The molecule has 1 N–H and O–H groups in total. The van der Waals surface area contributed by atoms with Crippen LogP contribution in [0.25, 0.3) is 0 Å². The Labute approximate surface area is 107 Å². The Hall–Kier alpha value is -1.57. The third-order valence-electron chi connectivity index (χ3n) is 3.50. The number of nitrogens with zero attached hydrogens (tertiary/aromatic N) is 2. The third-order valence-corrected chi connectivity index (χ3v) is 3.50. The summed E-state index contributed by atoms with van der Waals surface area (Å²) < 4.78 is 5.29. The summed E-state index contributed by atoms with van der Waals surface area (Å²) in [6, 6.07) is 7.55. The average molecular weight is 246 g/mol. The highest BCUT2D eigenvalue weighted by Crippen LogP contribution is 2.28. The highest BCUT2D eigenvalue weighted by molar-refractivity contribution is 5.42. The Balaban J connectivity index is 2.08. The van der Waals surface area contributed by atoms with Crippen molar-refractivity contribution < 1.29 is 9.84 Å². The Bertz CT molecular complexity index is 473. The van der Waals surface area contributed by atoms with Crippen LogP contribution in [0.4, 0.5) is 0 Å². The van der Waals surface area contributed by atoms with Crippen LogP contribution < -0.4 is 4.74 Å². The van der Waals surface area contributed by atoms with Gasteiger partial charge in [0.25, 0.3) is 0 Å². The maximum absolute atomic E-state index is 9.97. The Kier molecular flexibility index (Phi) is 3.55. The van der Waals surface area contributed by atoms with Gasteiger partial charge in [0.1, 0.15) is 5.75 Å². The van der Waals surface area contributed by atoms with Crippen LogP contribution in [0, 0.1) is 11.3 Å². The maximum atomic E-state index is 9.97. The molecular formula is C14H18N2O2. The number of hydrogen-bond acceptors (Lipinski definition) is 4. The van der Waals surface area contributed by atoms with Crippen LogP contribution in [-0.4, -0.2) is 35.8 Å². The number of rotatable bonds is 4. The Morgan fingerprint density at radius 2 is 2.22 bits per heavy atom. The van der Waals surface area contributed by atoms with Gasteiger partial charge in [-0.2, -0.15) is 5.26 Å². The number of ether oxygens (including phenoxy) is 1. The van der Waals surface area contributed by atoms with Crippen LogP contribution in [0.15, 0.2) is 18.2 Å². The number of nitriles is 1. The lowest BCUT2D eigenvalue weighted by Crippen LogP contribution is -2.60. The van der Waals surface area contributed by atoms with Gasteiger partial charge in [-0.05, 0) is 24.6 Å². The van der Waals surface area contributed by atoms with E-state index < -0.39 is 5.60 Å². The zero-order chi connectivity index (χ0) is 13.2. The van der Waals surface area contributed by atoms with Gasteiger partial charge in [0.05, 0.1) is 24.3 Å². The maximum Gasteiger partial charge on any atom is 0.123 e. The lowest BCUT2D eigenvalue weighted by molar-refractivity contribution is -0.103. The molecule has 4 nitrogen and oxygen atoms in total. The van der Waals surface area contributed by atoms with Crippen molar-refractivity contribution in [3.05, 3.63) is 29.3 Å². The number of likely N-dealkylation sites (tertiary alicyclic amines) is 1. The minimum Gasteiger partial charge on any atom is -0.496 e. The molecule has 0 aromatic heterocycles. The molecule has 4 heteroatoms. The van der Waals surface area contributed by atoms with Gasteiger partial charge in [0.2, 0.25) is 0 Å². The Morgan fingerprint density at radius 3 is 2.78 bits per heavy atom. The zero-order valence-corrected chi connectivity index (χ0v) is 10.8. The van der Waals surface area contributed by atoms with Crippen LogP contribution in [0.2, 0.25) is 0 Å². The van der Waals surface area contributed by atoms with Crippen molar-refractivity contribution >= 4 is 0 Å². The largest absolute Gasteiger partial charge is 0.496 e. The first-order chi connectivity index (χ1) is 8.60. The average Bonchev–Trinajstić information content (AvgIpc) is 2.36. The third kappa shape index (κ3) is 2.47. The number of aliphatic hydroxyl groups is 1. The quantitative estimate of drug-likeness (QED) is 0.875. The SMILES string of the molecule is CCC1(O)CN(Cc2cc(C#N)ccc2OC)C1. The number of benzene rings is 1. The van der Waals surface area contributed by atoms with Gasteiger partial charge in [-0.25, -0.2) is 0 Å². The molecule has 1 saturated heterocycles. The summed E-state index contributed by atoms with van der Waals surface area (Å²) in [5.41, 5.74) is 1.10. The number of β-amino-alcohol motifs (C(OH)–C–C–N with tert-alkyl or cyclic N) is 1. The molecule has 0 bridgehead atoms. The first kappa shape index (κ1) is 12.9. The van der Waals surface area contributed by atoms with E-state index in [4.69, 9.17) is 10.00 Å². The van der Waals surface area contributed by atoms with E-state index in [1.54, 1.807) is 13.2 Å². The molecule has 0 aliphatic carbocycles. The molecule has 0 atom stereocenters. The van der Waals surface area contributed by atoms with Crippen LogP contribution in [0.3, 0.4) is 0 Å². The smallest absolute Gasteiger partial charge is 0.123 e. The second-order valence-corrected chi connectivity index (χ2v) is 4.86. The van der Waals surface area contributed by atoms with E-state index in [9.17, 15) is 5.11 Å². The van der Waals surface area contributed by atoms with E-state index in [1.807, 2.05) is 19.1 Å². The molecule has 1 heterocycles. The summed E-state index contributed by atoms with van der Waals surface area (Å²) in [6.45, 7) is 4.07. The molecule has 1 fully saturated rings. The fourth-order valence-electron chi connectivity index (χ4n) is 2.33. The molecule has 1 aliphatic rings. The van der Waals surface area contributed by atoms with Gasteiger partial charge in [-0.1, -0.05) is 6.92 Å². The lowest BCUT2D eigenvalue weighted by atomic mass is 9.91.